The average Bonchev–Trinajstić information content (AvgIpc) is 3.37. The summed E-state index contributed by atoms with van der Waals surface area (Å²) in [6.45, 7) is 7.02. The minimum Gasteiger partial charge on any atom is -0.334 e. The Balaban J connectivity index is 1.56. The Morgan fingerprint density at radius 2 is 1.90 bits per heavy atom. The molecule has 0 N–H and O–H groups in total. The van der Waals surface area contributed by atoms with Gasteiger partial charge in [-0.15, -0.1) is 11.8 Å². The highest BCUT2D eigenvalue weighted by atomic mass is 32.2. The van der Waals surface area contributed by atoms with Gasteiger partial charge in [0.25, 0.3) is 11.8 Å². The number of benzene rings is 2. The molecule has 3 aromatic rings. The highest BCUT2D eigenvalue weighted by molar-refractivity contribution is 8.03. The zero-order valence-electron chi connectivity index (χ0n) is 17.1. The molecule has 1 aliphatic heterocycles. The van der Waals surface area contributed by atoms with Crippen molar-refractivity contribution in [1.29, 1.82) is 0 Å². The van der Waals surface area contributed by atoms with E-state index in [1.54, 1.807) is 40.9 Å². The fourth-order valence-corrected chi connectivity index (χ4v) is 4.17. The van der Waals surface area contributed by atoms with Crippen LogP contribution in [0.15, 0.2) is 58.1 Å². The molecule has 0 spiro atoms. The topological polar surface area (TPSA) is 59.2 Å². The van der Waals surface area contributed by atoms with E-state index >= 15 is 0 Å². The third-order valence-corrected chi connectivity index (χ3v) is 5.90. The Labute approximate surface area is 179 Å². The van der Waals surface area contributed by atoms with Crippen molar-refractivity contribution in [2.45, 2.75) is 26.2 Å². The summed E-state index contributed by atoms with van der Waals surface area (Å²) in [5.74, 6) is 0.715. The summed E-state index contributed by atoms with van der Waals surface area (Å²) in [5.41, 5.74) is 2.12. The van der Waals surface area contributed by atoms with E-state index < -0.39 is 5.82 Å². The quantitative estimate of drug-likeness (QED) is 0.568. The first kappa shape index (κ1) is 20.3. The highest BCUT2D eigenvalue weighted by Crippen LogP contribution is 2.32. The molecule has 4 rings (SSSR count). The van der Waals surface area contributed by atoms with Crippen LogP contribution in [0.1, 0.15) is 42.6 Å². The lowest BCUT2D eigenvalue weighted by Crippen LogP contribution is -2.26. The number of amides is 1. The van der Waals surface area contributed by atoms with E-state index in [1.165, 1.54) is 11.6 Å². The standard InChI is InChI=1S/C23H22FN3O2S/c1-23(2,3)16-10-8-15(9-11-16)22(28)27-12-13-30-20(27)14-19-25-21(26-29-19)17-6-4-5-7-18(17)24/h4-11,14H,12-13H2,1-3H3/b20-14+. The molecule has 7 heteroatoms. The fourth-order valence-electron chi connectivity index (χ4n) is 3.17. The van der Waals surface area contributed by atoms with Crippen molar-refractivity contribution < 1.29 is 13.7 Å². The molecule has 1 aliphatic rings. The Kier molecular flexibility index (Phi) is 5.47. The van der Waals surface area contributed by atoms with Gasteiger partial charge < -0.3 is 9.42 Å². The Morgan fingerprint density at radius 1 is 1.17 bits per heavy atom. The highest BCUT2D eigenvalue weighted by Gasteiger charge is 2.26. The first-order valence-electron chi connectivity index (χ1n) is 9.68. The van der Waals surface area contributed by atoms with Gasteiger partial charge in [-0.1, -0.05) is 50.2 Å². The average molecular weight is 424 g/mol. The SMILES string of the molecule is CC(C)(C)c1ccc(C(=O)N2CCS/C2=C/c2nc(-c3ccccc3F)no2)cc1. The predicted octanol–water partition coefficient (Wildman–Crippen LogP) is 5.36. The second kappa shape index (κ2) is 8.07. The Morgan fingerprint density at radius 3 is 2.60 bits per heavy atom. The summed E-state index contributed by atoms with van der Waals surface area (Å²) in [7, 11) is 0. The number of carbonyl (C=O) groups excluding carboxylic acids is 1. The van der Waals surface area contributed by atoms with Crippen LogP contribution < -0.4 is 0 Å². The maximum absolute atomic E-state index is 14.0. The first-order chi connectivity index (χ1) is 14.3. The van der Waals surface area contributed by atoms with Gasteiger partial charge in [0, 0.05) is 23.9 Å². The van der Waals surface area contributed by atoms with Gasteiger partial charge in [0.1, 0.15) is 5.82 Å². The van der Waals surface area contributed by atoms with Crippen LogP contribution in [0.25, 0.3) is 17.5 Å². The van der Waals surface area contributed by atoms with Gasteiger partial charge in [-0.05, 0) is 35.2 Å². The monoisotopic (exact) mass is 423 g/mol. The van der Waals surface area contributed by atoms with Crippen LogP contribution >= 0.6 is 11.8 Å². The summed E-state index contributed by atoms with van der Waals surface area (Å²) < 4.78 is 19.2. The molecule has 2 heterocycles. The summed E-state index contributed by atoms with van der Waals surface area (Å²) in [6, 6.07) is 14.0. The van der Waals surface area contributed by atoms with Crippen molar-refractivity contribution in [2.75, 3.05) is 12.3 Å². The van der Waals surface area contributed by atoms with Gasteiger partial charge in [0.05, 0.1) is 10.6 Å². The number of hydrogen-bond acceptors (Lipinski definition) is 5. The minimum absolute atomic E-state index is 0.0318. The van der Waals surface area contributed by atoms with E-state index in [0.717, 1.165) is 10.8 Å². The van der Waals surface area contributed by atoms with E-state index in [1.807, 2.05) is 24.3 Å². The summed E-state index contributed by atoms with van der Waals surface area (Å²) in [5, 5.41) is 4.61. The van der Waals surface area contributed by atoms with Crippen molar-refractivity contribution in [1.82, 2.24) is 15.0 Å². The van der Waals surface area contributed by atoms with Gasteiger partial charge in [-0.2, -0.15) is 4.98 Å². The van der Waals surface area contributed by atoms with E-state index in [2.05, 4.69) is 30.9 Å². The lowest BCUT2D eigenvalue weighted by atomic mass is 9.86. The number of aromatic nitrogens is 2. The normalized spacial score (nSPS) is 15.7. The minimum atomic E-state index is -0.414. The zero-order valence-corrected chi connectivity index (χ0v) is 17.9. The lowest BCUT2D eigenvalue weighted by molar-refractivity contribution is 0.0831. The third kappa shape index (κ3) is 4.16. The number of rotatable bonds is 3. The number of nitrogens with zero attached hydrogens (tertiary/aromatic N) is 3. The first-order valence-corrected chi connectivity index (χ1v) is 10.7. The molecule has 0 aliphatic carbocycles. The Bertz CT molecular complexity index is 1100. The second-order valence-corrected chi connectivity index (χ2v) is 9.17. The number of carbonyl (C=O) groups is 1. The predicted molar refractivity (Wildman–Crippen MR) is 116 cm³/mol. The molecular weight excluding hydrogens is 401 g/mol. The molecule has 0 radical (unpaired) electrons. The van der Waals surface area contributed by atoms with E-state index in [0.29, 0.717) is 12.1 Å². The van der Waals surface area contributed by atoms with Crippen molar-refractivity contribution in [3.05, 3.63) is 76.4 Å². The van der Waals surface area contributed by atoms with Crippen LogP contribution in [0.3, 0.4) is 0 Å². The van der Waals surface area contributed by atoms with E-state index in [-0.39, 0.29) is 28.6 Å². The van der Waals surface area contributed by atoms with Crippen LogP contribution in [0.4, 0.5) is 4.39 Å². The maximum atomic E-state index is 14.0. The maximum Gasteiger partial charge on any atom is 0.258 e. The molecule has 1 aromatic heterocycles. The molecule has 30 heavy (non-hydrogen) atoms. The molecule has 2 aromatic carbocycles. The second-order valence-electron chi connectivity index (χ2n) is 8.05. The van der Waals surface area contributed by atoms with Crippen molar-refractivity contribution in [2.24, 2.45) is 0 Å². The van der Waals surface area contributed by atoms with Crippen LogP contribution in [0, 0.1) is 5.82 Å². The summed E-state index contributed by atoms with van der Waals surface area (Å²) in [6.07, 6.45) is 1.68. The largest absolute Gasteiger partial charge is 0.334 e. The number of hydrogen-bond donors (Lipinski definition) is 0. The molecular formula is C23H22FN3O2S. The molecule has 0 atom stereocenters. The van der Waals surface area contributed by atoms with E-state index in [9.17, 15) is 9.18 Å². The van der Waals surface area contributed by atoms with Crippen molar-refractivity contribution in [3.63, 3.8) is 0 Å². The molecule has 1 saturated heterocycles. The van der Waals surface area contributed by atoms with Gasteiger partial charge in [-0.3, -0.25) is 4.79 Å². The third-order valence-electron chi connectivity index (χ3n) is 4.88. The number of thioether (sulfide) groups is 1. The van der Waals surface area contributed by atoms with Crippen molar-refractivity contribution >= 4 is 23.7 Å². The molecule has 154 valence electrons. The van der Waals surface area contributed by atoms with Gasteiger partial charge in [0.2, 0.25) is 5.82 Å². The molecule has 0 saturated carbocycles. The molecule has 5 nitrogen and oxygen atoms in total. The van der Waals surface area contributed by atoms with Gasteiger partial charge in [-0.25, -0.2) is 4.39 Å². The zero-order chi connectivity index (χ0) is 21.3. The van der Waals surface area contributed by atoms with Crippen molar-refractivity contribution in [3.8, 4) is 11.4 Å². The Hall–Kier alpha value is -2.93. The summed E-state index contributed by atoms with van der Waals surface area (Å²) in [4.78, 5) is 19.0. The van der Waals surface area contributed by atoms with Crippen LogP contribution in [-0.2, 0) is 5.41 Å². The van der Waals surface area contributed by atoms with Crippen LogP contribution in [0.5, 0.6) is 0 Å². The fraction of sp³-hybridized carbons (Fsp3) is 0.261. The van der Waals surface area contributed by atoms with Crippen LogP contribution in [0.2, 0.25) is 0 Å². The molecule has 1 amide bonds. The van der Waals surface area contributed by atoms with E-state index in [4.69, 9.17) is 4.52 Å². The van der Waals surface area contributed by atoms with Crippen LogP contribution in [-0.4, -0.2) is 33.2 Å². The molecule has 0 unspecified atom stereocenters. The smallest absolute Gasteiger partial charge is 0.258 e. The van der Waals surface area contributed by atoms with Gasteiger partial charge >= 0.3 is 0 Å². The molecule has 1 fully saturated rings. The van der Waals surface area contributed by atoms with Gasteiger partial charge in [0.15, 0.2) is 0 Å². The summed E-state index contributed by atoms with van der Waals surface area (Å²) >= 11 is 1.55. The molecule has 0 bridgehead atoms. The number of halogens is 1. The lowest BCUT2D eigenvalue weighted by Gasteiger charge is -2.20.